The maximum atomic E-state index is 13.2. The molecule has 2 unspecified atom stereocenters. The fraction of sp³-hybridized carbons (Fsp3) is 0.652. The van der Waals surface area contributed by atoms with Gasteiger partial charge in [-0.05, 0) is 51.7 Å². The van der Waals surface area contributed by atoms with Gasteiger partial charge in [-0.1, -0.05) is 17.2 Å². The van der Waals surface area contributed by atoms with Crippen molar-refractivity contribution in [3.63, 3.8) is 0 Å². The van der Waals surface area contributed by atoms with Gasteiger partial charge in [0.25, 0.3) is 5.91 Å². The summed E-state index contributed by atoms with van der Waals surface area (Å²) < 4.78 is 11.3. The minimum atomic E-state index is -0.167. The Balaban J connectivity index is 1.39. The first-order valence-corrected chi connectivity index (χ1v) is 10.9. The zero-order valence-corrected chi connectivity index (χ0v) is 17.6. The van der Waals surface area contributed by atoms with E-state index in [0.29, 0.717) is 26.3 Å². The van der Waals surface area contributed by atoms with Crippen LogP contribution >= 0.6 is 0 Å². The molecule has 0 N–H and O–H groups in total. The molecule has 4 rings (SSSR count). The first-order valence-electron chi connectivity index (χ1n) is 10.9. The highest BCUT2D eigenvalue weighted by Crippen LogP contribution is 2.28. The molecule has 3 heterocycles. The topological polar surface area (TPSA) is 59.1 Å². The predicted molar refractivity (Wildman–Crippen MR) is 110 cm³/mol. The van der Waals surface area contributed by atoms with Crippen LogP contribution in [0.3, 0.4) is 0 Å². The maximum absolute atomic E-state index is 13.2. The minimum absolute atomic E-state index is 0.0403. The number of benzene rings is 1. The van der Waals surface area contributed by atoms with Crippen molar-refractivity contribution in [2.24, 2.45) is 11.8 Å². The number of hydrogen-bond donors (Lipinski definition) is 0. The van der Waals surface area contributed by atoms with Gasteiger partial charge in [-0.25, -0.2) is 0 Å². The van der Waals surface area contributed by atoms with Gasteiger partial charge < -0.3 is 19.3 Å². The predicted octanol–water partition coefficient (Wildman–Crippen LogP) is 2.77. The molecule has 6 heteroatoms. The summed E-state index contributed by atoms with van der Waals surface area (Å²) >= 11 is 0. The SMILES string of the molecule is Cc1cc(C)cc(C(=O)N2CCCC(C(=O)N3CCCC(C4OCCO4)C3)C2)c1. The molecule has 1 aromatic carbocycles. The Hall–Kier alpha value is -1.92. The Kier molecular flexibility index (Phi) is 6.20. The Labute approximate surface area is 173 Å². The maximum Gasteiger partial charge on any atom is 0.253 e. The molecule has 0 saturated carbocycles. The normalized spacial score (nSPS) is 26.0. The van der Waals surface area contributed by atoms with Crippen LogP contribution < -0.4 is 0 Å². The third kappa shape index (κ3) is 4.64. The number of amides is 2. The lowest BCUT2D eigenvalue weighted by Gasteiger charge is -2.39. The van der Waals surface area contributed by atoms with E-state index in [1.807, 2.05) is 35.8 Å². The quantitative estimate of drug-likeness (QED) is 0.783. The summed E-state index contributed by atoms with van der Waals surface area (Å²) in [5, 5.41) is 0. The summed E-state index contributed by atoms with van der Waals surface area (Å²) in [6.45, 7) is 8.05. The molecule has 3 fully saturated rings. The van der Waals surface area contributed by atoms with Crippen LogP contribution in [-0.4, -0.2) is 67.3 Å². The van der Waals surface area contributed by atoms with Crippen LogP contribution in [0.4, 0.5) is 0 Å². The van der Waals surface area contributed by atoms with E-state index < -0.39 is 0 Å². The number of carbonyl (C=O) groups is 2. The molecule has 3 aliphatic heterocycles. The summed E-state index contributed by atoms with van der Waals surface area (Å²) in [5.74, 6) is 0.374. The Bertz CT molecular complexity index is 739. The second kappa shape index (κ2) is 8.84. The molecule has 2 atom stereocenters. The second-order valence-electron chi connectivity index (χ2n) is 8.76. The number of nitrogens with zero attached hydrogens (tertiary/aromatic N) is 2. The summed E-state index contributed by atoms with van der Waals surface area (Å²) in [5.41, 5.74) is 2.91. The lowest BCUT2D eigenvalue weighted by molar-refractivity contribution is -0.144. The highest BCUT2D eigenvalue weighted by Gasteiger charge is 2.36. The molecule has 29 heavy (non-hydrogen) atoms. The number of hydrogen-bond acceptors (Lipinski definition) is 4. The van der Waals surface area contributed by atoms with Crippen LogP contribution in [0.5, 0.6) is 0 Å². The van der Waals surface area contributed by atoms with Gasteiger partial charge in [-0.3, -0.25) is 9.59 Å². The molecule has 0 bridgehead atoms. The van der Waals surface area contributed by atoms with Crippen molar-refractivity contribution in [3.05, 3.63) is 34.9 Å². The molecular formula is C23H32N2O4. The van der Waals surface area contributed by atoms with E-state index in [2.05, 4.69) is 6.07 Å². The molecule has 3 saturated heterocycles. The van der Waals surface area contributed by atoms with Gasteiger partial charge in [-0.2, -0.15) is 0 Å². The van der Waals surface area contributed by atoms with E-state index in [-0.39, 0.29) is 29.9 Å². The first kappa shape index (κ1) is 20.4. The first-order chi connectivity index (χ1) is 14.0. The second-order valence-corrected chi connectivity index (χ2v) is 8.76. The molecule has 2 amide bonds. The van der Waals surface area contributed by atoms with Gasteiger partial charge in [-0.15, -0.1) is 0 Å². The molecule has 158 valence electrons. The molecule has 1 aromatic rings. The van der Waals surface area contributed by atoms with Gasteiger partial charge in [0.1, 0.15) is 0 Å². The van der Waals surface area contributed by atoms with Crippen molar-refractivity contribution in [3.8, 4) is 0 Å². The van der Waals surface area contributed by atoms with E-state index >= 15 is 0 Å². The Morgan fingerprint density at radius 1 is 0.897 bits per heavy atom. The van der Waals surface area contributed by atoms with E-state index in [1.54, 1.807) is 0 Å². The monoisotopic (exact) mass is 400 g/mol. The summed E-state index contributed by atoms with van der Waals surface area (Å²) in [6, 6.07) is 5.96. The number of rotatable bonds is 3. The number of piperidine rings is 2. The molecule has 0 spiro atoms. The number of aryl methyl sites for hydroxylation is 2. The van der Waals surface area contributed by atoms with Gasteiger partial charge in [0.2, 0.25) is 5.91 Å². The van der Waals surface area contributed by atoms with Crippen molar-refractivity contribution in [2.75, 3.05) is 39.4 Å². The molecule has 3 aliphatic rings. The fourth-order valence-corrected chi connectivity index (χ4v) is 4.98. The fourth-order valence-electron chi connectivity index (χ4n) is 4.98. The molecular weight excluding hydrogens is 368 g/mol. The standard InChI is InChI=1S/C23H32N2O4/c1-16-11-17(2)13-20(12-16)22(27)24-7-3-5-18(14-24)21(26)25-8-4-6-19(15-25)23-28-9-10-29-23/h11-13,18-19,23H,3-10,14-15H2,1-2H3. The van der Waals surface area contributed by atoms with Crippen LogP contribution in [0.25, 0.3) is 0 Å². The number of likely N-dealkylation sites (tertiary alicyclic amines) is 2. The Morgan fingerprint density at radius 2 is 1.55 bits per heavy atom. The summed E-state index contributed by atoms with van der Waals surface area (Å²) in [4.78, 5) is 30.1. The van der Waals surface area contributed by atoms with E-state index in [9.17, 15) is 9.59 Å². The van der Waals surface area contributed by atoms with Crippen LogP contribution in [0, 0.1) is 25.7 Å². The lowest BCUT2D eigenvalue weighted by Crippen LogP contribution is -2.50. The lowest BCUT2D eigenvalue weighted by atomic mass is 9.92. The largest absolute Gasteiger partial charge is 0.350 e. The zero-order valence-electron chi connectivity index (χ0n) is 17.6. The molecule has 0 radical (unpaired) electrons. The molecule has 0 aliphatic carbocycles. The minimum Gasteiger partial charge on any atom is -0.350 e. The average molecular weight is 401 g/mol. The number of ether oxygens (including phenoxy) is 2. The van der Waals surface area contributed by atoms with Crippen LogP contribution in [-0.2, 0) is 14.3 Å². The third-order valence-electron chi connectivity index (χ3n) is 6.33. The summed E-state index contributed by atoms with van der Waals surface area (Å²) in [6.07, 6.45) is 3.58. The Morgan fingerprint density at radius 3 is 2.28 bits per heavy atom. The van der Waals surface area contributed by atoms with Crippen molar-refractivity contribution < 1.29 is 19.1 Å². The van der Waals surface area contributed by atoms with E-state index in [1.165, 1.54) is 0 Å². The highest BCUT2D eigenvalue weighted by atomic mass is 16.7. The van der Waals surface area contributed by atoms with E-state index in [4.69, 9.17) is 9.47 Å². The van der Waals surface area contributed by atoms with Crippen molar-refractivity contribution in [1.29, 1.82) is 0 Å². The van der Waals surface area contributed by atoms with Crippen LogP contribution in [0.1, 0.15) is 47.2 Å². The third-order valence-corrected chi connectivity index (χ3v) is 6.33. The van der Waals surface area contributed by atoms with Crippen molar-refractivity contribution in [2.45, 2.75) is 45.8 Å². The zero-order chi connectivity index (χ0) is 20.4. The van der Waals surface area contributed by atoms with Gasteiger partial charge >= 0.3 is 0 Å². The smallest absolute Gasteiger partial charge is 0.253 e. The van der Waals surface area contributed by atoms with E-state index in [0.717, 1.165) is 55.5 Å². The number of carbonyl (C=O) groups excluding carboxylic acids is 2. The van der Waals surface area contributed by atoms with Gasteiger partial charge in [0, 0.05) is 37.7 Å². The van der Waals surface area contributed by atoms with Crippen LogP contribution in [0.2, 0.25) is 0 Å². The van der Waals surface area contributed by atoms with Gasteiger partial charge in [0.05, 0.1) is 19.1 Å². The highest BCUT2D eigenvalue weighted by molar-refractivity contribution is 5.95. The average Bonchev–Trinajstić information content (AvgIpc) is 3.27. The van der Waals surface area contributed by atoms with Crippen LogP contribution in [0.15, 0.2) is 18.2 Å². The summed E-state index contributed by atoms with van der Waals surface area (Å²) in [7, 11) is 0. The molecule has 0 aromatic heterocycles. The van der Waals surface area contributed by atoms with Crippen molar-refractivity contribution >= 4 is 11.8 Å². The van der Waals surface area contributed by atoms with Crippen molar-refractivity contribution in [1.82, 2.24) is 9.80 Å². The molecule has 6 nitrogen and oxygen atoms in total. The van der Waals surface area contributed by atoms with Gasteiger partial charge in [0.15, 0.2) is 6.29 Å².